The second-order valence-electron chi connectivity index (χ2n) is 2.65. The van der Waals surface area contributed by atoms with E-state index in [1.54, 1.807) is 11.3 Å². The smallest absolute Gasteiger partial charge is 0.235 e. The Morgan fingerprint density at radius 2 is 2.27 bits per heavy atom. The zero-order valence-corrected chi connectivity index (χ0v) is 8.92. The average Bonchev–Trinajstić information content (AvgIpc) is 2.87. The van der Waals surface area contributed by atoms with Gasteiger partial charge in [0.25, 0.3) is 0 Å². The molecule has 0 aromatic carbocycles. The molecule has 0 aliphatic rings. The lowest BCUT2D eigenvalue weighted by molar-refractivity contribution is 0.881. The summed E-state index contributed by atoms with van der Waals surface area (Å²) in [5.41, 5.74) is 0.945. The lowest BCUT2D eigenvalue weighted by Gasteiger charge is -1.96. The summed E-state index contributed by atoms with van der Waals surface area (Å²) in [6.45, 7) is 0. The van der Waals surface area contributed by atoms with Crippen molar-refractivity contribution >= 4 is 34.0 Å². The van der Waals surface area contributed by atoms with Crippen molar-refractivity contribution in [2.75, 3.05) is 0 Å². The van der Waals surface area contributed by atoms with E-state index in [-0.39, 0.29) is 0 Å². The summed E-state index contributed by atoms with van der Waals surface area (Å²) in [6, 6.07) is 0. The summed E-state index contributed by atoms with van der Waals surface area (Å²) in [4.78, 5) is 8.34. The zero-order valence-electron chi connectivity index (χ0n) is 7.28. The topological polar surface area (TPSA) is 80.2 Å². The highest BCUT2D eigenvalue weighted by molar-refractivity contribution is 7.99. The fourth-order valence-corrected chi connectivity index (χ4v) is 2.67. The Morgan fingerprint density at radius 1 is 1.27 bits per heavy atom. The van der Waals surface area contributed by atoms with Crippen LogP contribution in [0.5, 0.6) is 0 Å². The molecule has 3 aromatic rings. The molecule has 0 aliphatic carbocycles. The van der Waals surface area contributed by atoms with Crippen LogP contribution in [-0.2, 0) is 0 Å². The third-order valence-electron chi connectivity index (χ3n) is 1.76. The van der Waals surface area contributed by atoms with E-state index in [4.69, 9.17) is 0 Å². The van der Waals surface area contributed by atoms with Crippen LogP contribution in [0.2, 0.25) is 0 Å². The Kier molecular flexibility index (Phi) is 2.07. The van der Waals surface area contributed by atoms with Crippen LogP contribution in [0.15, 0.2) is 27.3 Å². The molecule has 15 heavy (non-hydrogen) atoms. The van der Waals surface area contributed by atoms with E-state index in [9.17, 15) is 0 Å². The summed E-state index contributed by atoms with van der Waals surface area (Å²) >= 11 is 2.97. The highest BCUT2D eigenvalue weighted by Crippen LogP contribution is 2.29. The fraction of sp³-hybridized carbons (Fsp3) is 0. The van der Waals surface area contributed by atoms with Crippen molar-refractivity contribution in [3.05, 3.63) is 17.1 Å². The van der Waals surface area contributed by atoms with Crippen molar-refractivity contribution in [1.82, 2.24) is 30.6 Å². The van der Waals surface area contributed by atoms with Gasteiger partial charge in [-0.3, -0.25) is 0 Å². The normalized spacial score (nSPS) is 10.9. The fourth-order valence-electron chi connectivity index (χ4n) is 1.13. The van der Waals surface area contributed by atoms with Gasteiger partial charge in [-0.15, -0.1) is 21.5 Å². The predicted molar refractivity (Wildman–Crippen MR) is 55.7 cm³/mol. The summed E-state index contributed by atoms with van der Waals surface area (Å²) < 4.78 is 0. The van der Waals surface area contributed by atoms with Gasteiger partial charge in [0.15, 0.2) is 0 Å². The lowest BCUT2D eigenvalue weighted by atomic mass is 10.4. The van der Waals surface area contributed by atoms with Crippen molar-refractivity contribution in [2.45, 2.75) is 10.2 Å². The van der Waals surface area contributed by atoms with Gasteiger partial charge in [-0.25, -0.2) is 9.97 Å². The number of rotatable bonds is 2. The van der Waals surface area contributed by atoms with Crippen LogP contribution in [0.25, 0.3) is 10.9 Å². The van der Waals surface area contributed by atoms with Gasteiger partial charge in [0, 0.05) is 16.1 Å². The molecule has 0 amide bonds. The van der Waals surface area contributed by atoms with Crippen LogP contribution < -0.4 is 0 Å². The number of tetrazole rings is 1. The molecule has 0 fully saturated rings. The van der Waals surface area contributed by atoms with E-state index in [1.165, 1.54) is 18.1 Å². The van der Waals surface area contributed by atoms with Crippen LogP contribution >= 0.6 is 23.1 Å². The van der Waals surface area contributed by atoms with Crippen LogP contribution in [0.4, 0.5) is 0 Å². The molecule has 0 spiro atoms. The van der Waals surface area contributed by atoms with E-state index < -0.39 is 0 Å². The molecule has 0 saturated heterocycles. The molecule has 3 rings (SSSR count). The first kappa shape index (κ1) is 8.74. The summed E-state index contributed by atoms with van der Waals surface area (Å²) in [5, 5.41) is 20.0. The number of hydrogen-bond donors (Lipinski definition) is 1. The van der Waals surface area contributed by atoms with Gasteiger partial charge in [-0.1, -0.05) is 0 Å². The number of fused-ring (bicyclic) bond motifs is 1. The number of aromatic amines is 1. The minimum Gasteiger partial charge on any atom is -0.235 e. The molecule has 3 aromatic heterocycles. The Bertz CT molecular complexity index is 574. The van der Waals surface area contributed by atoms with E-state index in [2.05, 4.69) is 30.6 Å². The number of nitrogens with one attached hydrogen (secondary N) is 1. The van der Waals surface area contributed by atoms with Gasteiger partial charge in [0.2, 0.25) is 5.16 Å². The molecule has 0 aliphatic heterocycles. The van der Waals surface area contributed by atoms with Gasteiger partial charge in [-0.05, 0) is 17.0 Å². The Balaban J connectivity index is 2.07. The Hall–Kier alpha value is -1.54. The quantitative estimate of drug-likeness (QED) is 0.676. The van der Waals surface area contributed by atoms with Crippen LogP contribution in [-0.4, -0.2) is 30.6 Å². The van der Waals surface area contributed by atoms with Gasteiger partial charge < -0.3 is 0 Å². The predicted octanol–water partition coefficient (Wildman–Crippen LogP) is 1.36. The van der Waals surface area contributed by atoms with Gasteiger partial charge in [-0.2, -0.15) is 5.21 Å². The number of nitrogens with zero attached hydrogens (tertiary/aromatic N) is 5. The summed E-state index contributed by atoms with van der Waals surface area (Å²) in [6.07, 6.45) is 1.54. The van der Waals surface area contributed by atoms with Crippen molar-refractivity contribution < 1.29 is 0 Å². The van der Waals surface area contributed by atoms with Crippen LogP contribution in [0, 0.1) is 0 Å². The van der Waals surface area contributed by atoms with E-state index in [0.717, 1.165) is 15.9 Å². The molecule has 0 bridgehead atoms. The standard InChI is InChI=1S/C7H4N6S2/c1-4-5(2-14-1)8-3-9-6(4)15-7-10-12-13-11-7/h1-3H,(H,10,11,12,13). The minimum absolute atomic E-state index is 0.557. The Morgan fingerprint density at radius 3 is 3.13 bits per heavy atom. The van der Waals surface area contributed by atoms with Gasteiger partial charge in [0.1, 0.15) is 11.4 Å². The number of thiophene rings is 1. The molecular weight excluding hydrogens is 232 g/mol. The van der Waals surface area contributed by atoms with E-state index in [0.29, 0.717) is 5.16 Å². The summed E-state index contributed by atoms with van der Waals surface area (Å²) in [7, 11) is 0. The lowest BCUT2D eigenvalue weighted by Crippen LogP contribution is -1.84. The molecule has 1 N–H and O–H groups in total. The molecule has 0 unspecified atom stereocenters. The molecule has 74 valence electrons. The third-order valence-corrected chi connectivity index (χ3v) is 3.36. The molecule has 0 atom stereocenters. The maximum atomic E-state index is 4.19. The van der Waals surface area contributed by atoms with Crippen molar-refractivity contribution in [3.8, 4) is 0 Å². The van der Waals surface area contributed by atoms with Crippen molar-refractivity contribution in [2.24, 2.45) is 0 Å². The van der Waals surface area contributed by atoms with E-state index >= 15 is 0 Å². The SMILES string of the molecule is c1nc(Sc2nn[nH]n2)c2cscc2n1. The average molecular weight is 236 g/mol. The van der Waals surface area contributed by atoms with Gasteiger partial charge in [0.05, 0.1) is 5.52 Å². The zero-order chi connectivity index (χ0) is 10.1. The largest absolute Gasteiger partial charge is 0.237 e. The number of hydrogen-bond acceptors (Lipinski definition) is 7. The van der Waals surface area contributed by atoms with Crippen LogP contribution in [0.1, 0.15) is 0 Å². The van der Waals surface area contributed by atoms with Gasteiger partial charge >= 0.3 is 0 Å². The maximum absolute atomic E-state index is 4.19. The second-order valence-corrected chi connectivity index (χ2v) is 4.35. The first-order chi connectivity index (χ1) is 7.43. The number of H-pyrrole nitrogens is 1. The Labute approximate surface area is 92.1 Å². The van der Waals surface area contributed by atoms with Crippen molar-refractivity contribution in [3.63, 3.8) is 0 Å². The highest BCUT2D eigenvalue weighted by Gasteiger charge is 2.08. The maximum Gasteiger partial charge on any atom is 0.237 e. The first-order valence-electron chi connectivity index (χ1n) is 4.02. The minimum atomic E-state index is 0.557. The van der Waals surface area contributed by atoms with E-state index in [1.807, 2.05) is 10.8 Å². The third kappa shape index (κ3) is 1.57. The monoisotopic (exact) mass is 236 g/mol. The molecule has 0 saturated carbocycles. The second kappa shape index (κ2) is 3.55. The highest BCUT2D eigenvalue weighted by atomic mass is 32.2. The molecule has 3 heterocycles. The first-order valence-corrected chi connectivity index (χ1v) is 5.77. The van der Waals surface area contributed by atoms with Crippen molar-refractivity contribution in [1.29, 1.82) is 0 Å². The molecule has 6 nitrogen and oxygen atoms in total. The molecule has 0 radical (unpaired) electrons. The number of aromatic nitrogens is 6. The summed E-state index contributed by atoms with van der Waals surface area (Å²) in [5.74, 6) is 0. The molecular formula is C7H4N6S2. The van der Waals surface area contributed by atoms with Crippen LogP contribution in [0.3, 0.4) is 0 Å². The molecule has 8 heteroatoms.